The van der Waals surface area contributed by atoms with Crippen molar-refractivity contribution in [1.82, 2.24) is 5.32 Å². The quantitative estimate of drug-likeness (QED) is 0.867. The molecular weight excluding hydrogens is 297 g/mol. The molecule has 0 heterocycles. The van der Waals surface area contributed by atoms with Crippen LogP contribution in [0.1, 0.15) is 65.2 Å². The van der Waals surface area contributed by atoms with Gasteiger partial charge >= 0.3 is 6.09 Å². The fourth-order valence-corrected chi connectivity index (χ4v) is 2.09. The molecule has 0 spiro atoms. The van der Waals surface area contributed by atoms with E-state index in [-0.39, 0.29) is 12.0 Å². The lowest BCUT2D eigenvalue weighted by Gasteiger charge is -2.23. The molecule has 2 N–H and O–H groups in total. The van der Waals surface area contributed by atoms with Gasteiger partial charge in [-0.2, -0.15) is 0 Å². The van der Waals surface area contributed by atoms with Crippen LogP contribution in [0, 0.1) is 11.2 Å². The molecule has 5 heteroatoms. The summed E-state index contributed by atoms with van der Waals surface area (Å²) in [5.41, 5.74) is 0.247. The summed E-state index contributed by atoms with van der Waals surface area (Å²) in [5.74, 6) is -0.452. The molecule has 0 saturated carbocycles. The SMILES string of the molecule is CC(C)(C)CC(O)c1ccc(CNC(=O)OC(C)(C)C)c(F)c1. The summed E-state index contributed by atoms with van der Waals surface area (Å²) in [4.78, 5) is 11.6. The normalized spacial score (nSPS) is 13.6. The Kier molecular flexibility index (Phi) is 6.17. The maximum absolute atomic E-state index is 14.1. The van der Waals surface area contributed by atoms with Gasteiger partial charge in [-0.1, -0.05) is 32.9 Å². The van der Waals surface area contributed by atoms with E-state index in [9.17, 15) is 14.3 Å². The van der Waals surface area contributed by atoms with Crippen molar-refractivity contribution in [1.29, 1.82) is 0 Å². The summed E-state index contributed by atoms with van der Waals surface area (Å²) >= 11 is 0. The number of nitrogens with one attached hydrogen (secondary N) is 1. The minimum absolute atomic E-state index is 0.0381. The highest BCUT2D eigenvalue weighted by atomic mass is 19.1. The third-order valence-corrected chi connectivity index (χ3v) is 3.09. The van der Waals surface area contributed by atoms with Crippen LogP contribution in [-0.2, 0) is 11.3 Å². The first kappa shape index (κ1) is 19.4. The number of halogens is 1. The van der Waals surface area contributed by atoms with E-state index in [4.69, 9.17) is 4.74 Å². The number of aliphatic hydroxyl groups excluding tert-OH is 1. The number of alkyl carbamates (subject to hydrolysis) is 1. The molecule has 0 saturated heterocycles. The number of hydrogen-bond donors (Lipinski definition) is 2. The topological polar surface area (TPSA) is 58.6 Å². The van der Waals surface area contributed by atoms with Crippen LogP contribution < -0.4 is 5.32 Å². The van der Waals surface area contributed by atoms with Gasteiger partial charge in [-0.3, -0.25) is 0 Å². The van der Waals surface area contributed by atoms with Gasteiger partial charge in [0.15, 0.2) is 0 Å². The lowest BCUT2D eigenvalue weighted by Crippen LogP contribution is -2.32. The second-order valence-electron chi connectivity index (χ2n) is 7.99. The zero-order chi connectivity index (χ0) is 17.8. The molecule has 23 heavy (non-hydrogen) atoms. The molecule has 0 fully saturated rings. The first-order chi connectivity index (χ1) is 10.4. The second-order valence-corrected chi connectivity index (χ2v) is 7.99. The number of ether oxygens (including phenoxy) is 1. The predicted molar refractivity (Wildman–Crippen MR) is 88.5 cm³/mol. The van der Waals surface area contributed by atoms with Gasteiger partial charge < -0.3 is 15.2 Å². The zero-order valence-corrected chi connectivity index (χ0v) is 14.9. The molecule has 0 aliphatic rings. The Labute approximate surface area is 138 Å². The molecule has 1 aromatic rings. The van der Waals surface area contributed by atoms with Crippen molar-refractivity contribution < 1.29 is 19.0 Å². The van der Waals surface area contributed by atoms with Crippen molar-refractivity contribution >= 4 is 6.09 Å². The Bertz CT molecular complexity index is 544. The highest BCUT2D eigenvalue weighted by Gasteiger charge is 2.20. The van der Waals surface area contributed by atoms with Crippen LogP contribution in [0.3, 0.4) is 0 Å². The highest BCUT2D eigenvalue weighted by Crippen LogP contribution is 2.29. The average Bonchev–Trinajstić information content (AvgIpc) is 2.33. The molecule has 0 aliphatic heterocycles. The fourth-order valence-electron chi connectivity index (χ4n) is 2.09. The summed E-state index contributed by atoms with van der Waals surface area (Å²) in [6.07, 6.45) is -0.756. The van der Waals surface area contributed by atoms with E-state index >= 15 is 0 Å². The molecule has 1 aromatic carbocycles. The molecule has 0 aromatic heterocycles. The van der Waals surface area contributed by atoms with Gasteiger partial charge in [0.1, 0.15) is 11.4 Å². The van der Waals surface area contributed by atoms with Crippen LogP contribution in [-0.4, -0.2) is 16.8 Å². The zero-order valence-electron chi connectivity index (χ0n) is 14.9. The van der Waals surface area contributed by atoms with Gasteiger partial charge in [0.25, 0.3) is 0 Å². The monoisotopic (exact) mass is 325 g/mol. The Morgan fingerprint density at radius 3 is 2.35 bits per heavy atom. The number of amides is 1. The maximum atomic E-state index is 14.1. The number of aliphatic hydroxyl groups is 1. The number of rotatable bonds is 4. The summed E-state index contributed by atoms with van der Waals surface area (Å²) in [5, 5.41) is 12.7. The summed E-state index contributed by atoms with van der Waals surface area (Å²) < 4.78 is 19.2. The minimum atomic E-state index is -0.711. The van der Waals surface area contributed by atoms with Gasteiger partial charge in [-0.05, 0) is 44.2 Å². The second kappa shape index (κ2) is 7.30. The van der Waals surface area contributed by atoms with Crippen molar-refractivity contribution in [2.24, 2.45) is 5.41 Å². The Morgan fingerprint density at radius 2 is 1.87 bits per heavy atom. The number of benzene rings is 1. The molecule has 1 unspecified atom stereocenters. The van der Waals surface area contributed by atoms with E-state index in [1.165, 1.54) is 6.07 Å². The van der Waals surface area contributed by atoms with Gasteiger partial charge in [0, 0.05) is 12.1 Å². The van der Waals surface area contributed by atoms with E-state index in [1.807, 2.05) is 20.8 Å². The number of hydrogen-bond acceptors (Lipinski definition) is 3. The molecule has 4 nitrogen and oxygen atoms in total. The number of carbonyl (C=O) groups is 1. The Balaban J connectivity index is 2.68. The van der Waals surface area contributed by atoms with Crippen molar-refractivity contribution in [3.63, 3.8) is 0 Å². The van der Waals surface area contributed by atoms with Crippen LogP contribution in [0.15, 0.2) is 18.2 Å². The van der Waals surface area contributed by atoms with Crippen molar-refractivity contribution in [3.05, 3.63) is 35.1 Å². The van der Waals surface area contributed by atoms with Crippen molar-refractivity contribution in [3.8, 4) is 0 Å². The Morgan fingerprint density at radius 1 is 1.26 bits per heavy atom. The minimum Gasteiger partial charge on any atom is -0.444 e. The maximum Gasteiger partial charge on any atom is 0.407 e. The highest BCUT2D eigenvalue weighted by molar-refractivity contribution is 5.67. The molecule has 0 aliphatic carbocycles. The van der Waals surface area contributed by atoms with Crippen molar-refractivity contribution in [2.45, 2.75) is 66.2 Å². The van der Waals surface area contributed by atoms with Gasteiger partial charge in [0.2, 0.25) is 0 Å². The average molecular weight is 325 g/mol. The standard InChI is InChI=1S/C18H28FNO3/c1-17(2,3)10-15(21)12-7-8-13(14(19)9-12)11-20-16(22)23-18(4,5)6/h7-9,15,21H,10-11H2,1-6H3,(H,20,22). The molecule has 130 valence electrons. The third-order valence-electron chi connectivity index (χ3n) is 3.09. The lowest BCUT2D eigenvalue weighted by molar-refractivity contribution is 0.0523. The molecule has 0 bridgehead atoms. The smallest absolute Gasteiger partial charge is 0.407 e. The first-order valence-corrected chi connectivity index (χ1v) is 7.81. The van der Waals surface area contributed by atoms with E-state index in [0.29, 0.717) is 17.5 Å². The first-order valence-electron chi connectivity index (χ1n) is 7.81. The predicted octanol–water partition coefficient (Wildman–Crippen LogP) is 4.32. The van der Waals surface area contributed by atoms with Crippen LogP contribution >= 0.6 is 0 Å². The van der Waals surface area contributed by atoms with E-state index < -0.39 is 23.6 Å². The summed E-state index contributed by atoms with van der Waals surface area (Å²) in [7, 11) is 0. The fraction of sp³-hybridized carbons (Fsp3) is 0.611. The Hall–Kier alpha value is -1.62. The van der Waals surface area contributed by atoms with E-state index in [1.54, 1.807) is 32.9 Å². The molecule has 0 radical (unpaired) electrons. The van der Waals surface area contributed by atoms with Gasteiger partial charge in [-0.15, -0.1) is 0 Å². The van der Waals surface area contributed by atoms with E-state index in [0.717, 1.165) is 0 Å². The molecule has 1 rings (SSSR count). The molecular formula is C18H28FNO3. The van der Waals surface area contributed by atoms with Crippen LogP contribution in [0.4, 0.5) is 9.18 Å². The molecule has 1 atom stereocenters. The van der Waals surface area contributed by atoms with Crippen LogP contribution in [0.5, 0.6) is 0 Å². The number of carbonyl (C=O) groups excluding carboxylic acids is 1. The largest absolute Gasteiger partial charge is 0.444 e. The molecule has 1 amide bonds. The van der Waals surface area contributed by atoms with E-state index in [2.05, 4.69) is 5.32 Å². The van der Waals surface area contributed by atoms with Gasteiger partial charge in [0.05, 0.1) is 6.10 Å². The van der Waals surface area contributed by atoms with Crippen LogP contribution in [0.2, 0.25) is 0 Å². The summed E-state index contributed by atoms with van der Waals surface area (Å²) in [6.45, 7) is 11.4. The van der Waals surface area contributed by atoms with Gasteiger partial charge in [-0.25, -0.2) is 9.18 Å². The summed E-state index contributed by atoms with van der Waals surface area (Å²) in [6, 6.07) is 4.59. The van der Waals surface area contributed by atoms with Crippen LogP contribution in [0.25, 0.3) is 0 Å². The third kappa shape index (κ3) is 7.46. The van der Waals surface area contributed by atoms with Crippen molar-refractivity contribution in [2.75, 3.05) is 0 Å². The lowest BCUT2D eigenvalue weighted by atomic mass is 9.87.